The molecule has 1 saturated heterocycles. The van der Waals surface area contributed by atoms with E-state index < -0.39 is 0 Å². The molecule has 110 valence electrons. The van der Waals surface area contributed by atoms with Gasteiger partial charge in [-0.2, -0.15) is 0 Å². The second-order valence-corrected chi connectivity index (χ2v) is 6.67. The summed E-state index contributed by atoms with van der Waals surface area (Å²) in [6.07, 6.45) is 7.96. The summed E-state index contributed by atoms with van der Waals surface area (Å²) in [6.45, 7) is 8.14. The third-order valence-corrected chi connectivity index (χ3v) is 4.86. The van der Waals surface area contributed by atoms with E-state index in [0.717, 1.165) is 38.5 Å². The summed E-state index contributed by atoms with van der Waals surface area (Å²) in [5.74, 6) is 1.95. The highest BCUT2D eigenvalue weighted by Crippen LogP contribution is 2.32. The lowest BCUT2D eigenvalue weighted by Gasteiger charge is -2.34. The van der Waals surface area contributed by atoms with Crippen LogP contribution in [0, 0.1) is 17.8 Å². The molecule has 3 nitrogen and oxygen atoms in total. The van der Waals surface area contributed by atoms with E-state index in [1.165, 1.54) is 32.1 Å². The lowest BCUT2D eigenvalue weighted by atomic mass is 9.78. The quantitative estimate of drug-likeness (QED) is 0.848. The van der Waals surface area contributed by atoms with Crippen LogP contribution in [0.25, 0.3) is 0 Å². The number of hydrogen-bond donors (Lipinski definition) is 1. The van der Waals surface area contributed by atoms with Gasteiger partial charge < -0.3 is 10.2 Å². The number of piperazine rings is 1. The van der Waals surface area contributed by atoms with E-state index in [1.54, 1.807) is 0 Å². The van der Waals surface area contributed by atoms with Crippen molar-refractivity contribution in [1.82, 2.24) is 10.2 Å². The van der Waals surface area contributed by atoms with E-state index in [-0.39, 0.29) is 5.92 Å². The van der Waals surface area contributed by atoms with Gasteiger partial charge in [-0.15, -0.1) is 0 Å². The van der Waals surface area contributed by atoms with Crippen LogP contribution in [-0.2, 0) is 4.79 Å². The van der Waals surface area contributed by atoms with Crippen LogP contribution in [0.2, 0.25) is 0 Å². The molecule has 1 amide bonds. The first kappa shape index (κ1) is 14.8. The van der Waals surface area contributed by atoms with Crippen molar-refractivity contribution in [3.05, 3.63) is 0 Å². The molecule has 1 N–H and O–H groups in total. The Hall–Kier alpha value is -0.570. The van der Waals surface area contributed by atoms with Crippen LogP contribution in [0.4, 0.5) is 0 Å². The minimum atomic E-state index is 0.251. The molecule has 0 aromatic carbocycles. The summed E-state index contributed by atoms with van der Waals surface area (Å²) < 4.78 is 0. The first-order valence-electron chi connectivity index (χ1n) is 8.18. The van der Waals surface area contributed by atoms with Gasteiger partial charge in [0.2, 0.25) is 5.91 Å². The monoisotopic (exact) mass is 266 g/mol. The van der Waals surface area contributed by atoms with Crippen LogP contribution in [-0.4, -0.2) is 37.0 Å². The molecule has 1 unspecified atom stereocenters. The topological polar surface area (TPSA) is 32.3 Å². The predicted molar refractivity (Wildman–Crippen MR) is 79.0 cm³/mol. The summed E-state index contributed by atoms with van der Waals surface area (Å²) >= 11 is 0. The molecule has 1 aliphatic heterocycles. The summed E-state index contributed by atoms with van der Waals surface area (Å²) in [6, 6.07) is 0. The fraction of sp³-hybridized carbons (Fsp3) is 0.938. The van der Waals surface area contributed by atoms with Gasteiger partial charge in [-0.3, -0.25) is 4.79 Å². The predicted octanol–water partition coefficient (Wildman–Crippen LogP) is 2.66. The molecule has 1 heterocycles. The maximum Gasteiger partial charge on any atom is 0.226 e. The van der Waals surface area contributed by atoms with Gasteiger partial charge in [0.1, 0.15) is 0 Å². The van der Waals surface area contributed by atoms with Crippen LogP contribution >= 0.6 is 0 Å². The van der Waals surface area contributed by atoms with Gasteiger partial charge in [-0.25, -0.2) is 0 Å². The molecule has 2 fully saturated rings. The van der Waals surface area contributed by atoms with E-state index in [4.69, 9.17) is 0 Å². The fourth-order valence-corrected chi connectivity index (χ4v) is 3.56. The molecule has 19 heavy (non-hydrogen) atoms. The smallest absolute Gasteiger partial charge is 0.226 e. The number of amides is 1. The third kappa shape index (κ3) is 4.20. The number of hydrogen-bond acceptors (Lipinski definition) is 2. The summed E-state index contributed by atoms with van der Waals surface area (Å²) in [4.78, 5) is 14.8. The maximum absolute atomic E-state index is 12.7. The standard InChI is InChI=1S/C16H30N2O/c1-13(2)15(12-14-6-4-3-5-7-14)16(19)18-10-8-17-9-11-18/h13-15,17H,3-12H2,1-2H3. The Bertz CT molecular complexity index is 278. The first-order chi connectivity index (χ1) is 9.18. The van der Waals surface area contributed by atoms with E-state index in [0.29, 0.717) is 11.8 Å². The normalized spacial score (nSPS) is 23.6. The Morgan fingerprint density at radius 3 is 2.37 bits per heavy atom. The van der Waals surface area contributed by atoms with Crippen molar-refractivity contribution in [3.8, 4) is 0 Å². The van der Waals surface area contributed by atoms with Gasteiger partial charge in [-0.05, 0) is 18.3 Å². The van der Waals surface area contributed by atoms with Crippen molar-refractivity contribution in [2.24, 2.45) is 17.8 Å². The maximum atomic E-state index is 12.7. The van der Waals surface area contributed by atoms with Crippen LogP contribution in [0.3, 0.4) is 0 Å². The fourth-order valence-electron chi connectivity index (χ4n) is 3.56. The molecule has 2 aliphatic rings. The van der Waals surface area contributed by atoms with Crippen LogP contribution in [0.5, 0.6) is 0 Å². The molecule has 0 bridgehead atoms. The number of rotatable bonds is 4. The molecule has 1 atom stereocenters. The third-order valence-electron chi connectivity index (χ3n) is 4.86. The highest BCUT2D eigenvalue weighted by molar-refractivity contribution is 5.79. The molecule has 3 heteroatoms. The van der Waals surface area contributed by atoms with E-state index >= 15 is 0 Å². The van der Waals surface area contributed by atoms with Crippen molar-refractivity contribution in [1.29, 1.82) is 0 Å². The Morgan fingerprint density at radius 1 is 1.16 bits per heavy atom. The Morgan fingerprint density at radius 2 is 1.79 bits per heavy atom. The first-order valence-corrected chi connectivity index (χ1v) is 8.18. The van der Waals surface area contributed by atoms with E-state index in [1.807, 2.05) is 0 Å². The van der Waals surface area contributed by atoms with Gasteiger partial charge in [0, 0.05) is 32.1 Å². The lowest BCUT2D eigenvalue weighted by molar-refractivity contribution is -0.138. The van der Waals surface area contributed by atoms with Crippen LogP contribution in [0.1, 0.15) is 52.4 Å². The van der Waals surface area contributed by atoms with Crippen molar-refractivity contribution in [2.75, 3.05) is 26.2 Å². The number of nitrogens with zero attached hydrogens (tertiary/aromatic N) is 1. The molecule has 0 aromatic heterocycles. The van der Waals surface area contributed by atoms with Crippen LogP contribution in [0.15, 0.2) is 0 Å². The molecule has 0 aromatic rings. The van der Waals surface area contributed by atoms with Gasteiger partial charge in [0.25, 0.3) is 0 Å². The number of carbonyl (C=O) groups excluding carboxylic acids is 1. The van der Waals surface area contributed by atoms with Gasteiger partial charge in [0.15, 0.2) is 0 Å². The van der Waals surface area contributed by atoms with Crippen LogP contribution < -0.4 is 5.32 Å². The molecular formula is C16H30N2O. The Kier molecular flexibility index (Phi) is 5.68. The average Bonchev–Trinajstić information content (AvgIpc) is 2.46. The van der Waals surface area contributed by atoms with Crippen molar-refractivity contribution < 1.29 is 4.79 Å². The van der Waals surface area contributed by atoms with Gasteiger partial charge >= 0.3 is 0 Å². The van der Waals surface area contributed by atoms with Crippen molar-refractivity contribution >= 4 is 5.91 Å². The molecule has 2 rings (SSSR count). The molecule has 1 aliphatic carbocycles. The van der Waals surface area contributed by atoms with E-state index in [2.05, 4.69) is 24.1 Å². The second-order valence-electron chi connectivity index (χ2n) is 6.67. The average molecular weight is 266 g/mol. The lowest BCUT2D eigenvalue weighted by Crippen LogP contribution is -2.49. The van der Waals surface area contributed by atoms with Gasteiger partial charge in [0.05, 0.1) is 0 Å². The highest BCUT2D eigenvalue weighted by Gasteiger charge is 2.30. The number of nitrogens with one attached hydrogen (secondary N) is 1. The zero-order valence-corrected chi connectivity index (χ0v) is 12.7. The Balaban J connectivity index is 1.91. The second kappa shape index (κ2) is 7.28. The molecule has 0 spiro atoms. The summed E-state index contributed by atoms with van der Waals surface area (Å²) in [5.41, 5.74) is 0. The zero-order valence-electron chi connectivity index (χ0n) is 12.7. The summed E-state index contributed by atoms with van der Waals surface area (Å²) in [7, 11) is 0. The molecule has 0 radical (unpaired) electrons. The zero-order chi connectivity index (χ0) is 13.7. The van der Waals surface area contributed by atoms with Crippen molar-refractivity contribution in [3.63, 3.8) is 0 Å². The Labute approximate surface area is 118 Å². The highest BCUT2D eigenvalue weighted by atomic mass is 16.2. The van der Waals surface area contributed by atoms with Gasteiger partial charge in [-0.1, -0.05) is 46.0 Å². The minimum absolute atomic E-state index is 0.251. The SMILES string of the molecule is CC(C)C(CC1CCCCC1)C(=O)N1CCNCC1. The van der Waals surface area contributed by atoms with E-state index in [9.17, 15) is 4.79 Å². The summed E-state index contributed by atoms with van der Waals surface area (Å²) in [5, 5.41) is 3.33. The minimum Gasteiger partial charge on any atom is -0.340 e. The molecular weight excluding hydrogens is 236 g/mol. The molecule has 1 saturated carbocycles. The largest absolute Gasteiger partial charge is 0.340 e. The number of carbonyl (C=O) groups is 1. The van der Waals surface area contributed by atoms with Crippen molar-refractivity contribution in [2.45, 2.75) is 52.4 Å².